The van der Waals surface area contributed by atoms with Crippen LogP contribution in [0.1, 0.15) is 25.3 Å². The van der Waals surface area contributed by atoms with Gasteiger partial charge in [-0.1, -0.05) is 30.3 Å². The third-order valence-corrected chi connectivity index (χ3v) is 5.23. The van der Waals surface area contributed by atoms with E-state index in [0.717, 1.165) is 41.1 Å². The Balaban J connectivity index is 1.70. The van der Waals surface area contributed by atoms with Crippen molar-refractivity contribution in [2.24, 2.45) is 5.92 Å². The number of hydrogen-bond donors (Lipinski definition) is 0. The molecule has 0 bridgehead atoms. The first-order valence-corrected chi connectivity index (χ1v) is 9.49. The first kappa shape index (κ1) is 17.7. The molecule has 0 saturated carbocycles. The molecule has 27 heavy (non-hydrogen) atoms. The van der Waals surface area contributed by atoms with Crippen molar-refractivity contribution >= 4 is 27.7 Å². The SMILES string of the molecule is CCOC(=O)[C@@H]1CCCN(Cc2cc(=O)oc3ccc4ccccc4c23)C1. The number of hydrogen-bond acceptors (Lipinski definition) is 5. The van der Waals surface area contributed by atoms with Crippen molar-refractivity contribution in [1.29, 1.82) is 0 Å². The summed E-state index contributed by atoms with van der Waals surface area (Å²) in [7, 11) is 0. The van der Waals surface area contributed by atoms with Crippen molar-refractivity contribution in [1.82, 2.24) is 4.90 Å². The van der Waals surface area contributed by atoms with E-state index in [1.807, 2.05) is 31.2 Å². The Morgan fingerprint density at radius 3 is 2.96 bits per heavy atom. The van der Waals surface area contributed by atoms with E-state index in [1.54, 1.807) is 6.07 Å². The molecular formula is C22H23NO4. The second-order valence-corrected chi connectivity index (χ2v) is 7.08. The van der Waals surface area contributed by atoms with Gasteiger partial charge < -0.3 is 9.15 Å². The van der Waals surface area contributed by atoms with Crippen molar-refractivity contribution in [3.63, 3.8) is 0 Å². The van der Waals surface area contributed by atoms with Crippen LogP contribution in [0.15, 0.2) is 51.7 Å². The maximum Gasteiger partial charge on any atom is 0.336 e. The molecule has 4 rings (SSSR count). The summed E-state index contributed by atoms with van der Waals surface area (Å²) in [6, 6.07) is 13.5. The fraction of sp³-hybridized carbons (Fsp3) is 0.364. The highest BCUT2D eigenvalue weighted by molar-refractivity contribution is 6.07. The molecule has 0 amide bonds. The molecule has 3 aromatic rings. The summed E-state index contributed by atoms with van der Waals surface area (Å²) in [6.07, 6.45) is 1.81. The van der Waals surface area contributed by atoms with Crippen LogP contribution >= 0.6 is 0 Å². The minimum absolute atomic E-state index is 0.0955. The summed E-state index contributed by atoms with van der Waals surface area (Å²) >= 11 is 0. The summed E-state index contributed by atoms with van der Waals surface area (Å²) in [5.41, 5.74) is 1.21. The fourth-order valence-electron chi connectivity index (χ4n) is 4.04. The molecule has 1 aliphatic heterocycles. The maximum absolute atomic E-state index is 12.1. The van der Waals surface area contributed by atoms with Crippen LogP contribution in [0.3, 0.4) is 0 Å². The summed E-state index contributed by atoms with van der Waals surface area (Å²) in [6.45, 7) is 4.42. The third kappa shape index (κ3) is 3.60. The van der Waals surface area contributed by atoms with E-state index in [-0.39, 0.29) is 17.5 Å². The zero-order chi connectivity index (χ0) is 18.8. The summed E-state index contributed by atoms with van der Waals surface area (Å²) in [5, 5.41) is 3.17. The predicted molar refractivity (Wildman–Crippen MR) is 105 cm³/mol. The van der Waals surface area contributed by atoms with E-state index in [2.05, 4.69) is 17.0 Å². The van der Waals surface area contributed by atoms with Gasteiger partial charge in [0.25, 0.3) is 0 Å². The number of rotatable bonds is 4. The van der Waals surface area contributed by atoms with Crippen LogP contribution in [0.5, 0.6) is 0 Å². The highest BCUT2D eigenvalue weighted by Crippen LogP contribution is 2.29. The highest BCUT2D eigenvalue weighted by atomic mass is 16.5. The molecule has 5 heteroatoms. The molecule has 0 unspecified atom stereocenters. The zero-order valence-corrected chi connectivity index (χ0v) is 15.4. The average molecular weight is 365 g/mol. The van der Waals surface area contributed by atoms with Crippen LogP contribution in [-0.2, 0) is 16.1 Å². The Hall–Kier alpha value is -2.66. The van der Waals surface area contributed by atoms with E-state index in [4.69, 9.17) is 9.15 Å². The van der Waals surface area contributed by atoms with Crippen molar-refractivity contribution in [3.8, 4) is 0 Å². The van der Waals surface area contributed by atoms with Crippen LogP contribution in [-0.4, -0.2) is 30.6 Å². The highest BCUT2D eigenvalue weighted by Gasteiger charge is 2.27. The topological polar surface area (TPSA) is 59.8 Å². The quantitative estimate of drug-likeness (QED) is 0.401. The van der Waals surface area contributed by atoms with E-state index in [9.17, 15) is 9.59 Å². The van der Waals surface area contributed by atoms with Crippen LogP contribution < -0.4 is 5.63 Å². The van der Waals surface area contributed by atoms with E-state index in [1.165, 1.54) is 0 Å². The van der Waals surface area contributed by atoms with Gasteiger partial charge in [-0.3, -0.25) is 9.69 Å². The molecule has 0 radical (unpaired) electrons. The smallest absolute Gasteiger partial charge is 0.336 e. The Morgan fingerprint density at radius 2 is 2.11 bits per heavy atom. The molecule has 1 atom stereocenters. The monoisotopic (exact) mass is 365 g/mol. The van der Waals surface area contributed by atoms with Crippen molar-refractivity contribution < 1.29 is 13.9 Å². The van der Waals surface area contributed by atoms with Gasteiger partial charge in [-0.05, 0) is 48.7 Å². The molecule has 2 aromatic carbocycles. The molecule has 0 aliphatic carbocycles. The molecule has 140 valence electrons. The van der Waals surface area contributed by atoms with Crippen LogP contribution in [0, 0.1) is 5.92 Å². The molecule has 1 fully saturated rings. The van der Waals surface area contributed by atoms with Crippen LogP contribution in [0.2, 0.25) is 0 Å². The number of carbonyl (C=O) groups is 1. The molecule has 1 saturated heterocycles. The lowest BCUT2D eigenvalue weighted by Gasteiger charge is -2.31. The number of carbonyl (C=O) groups excluding carboxylic acids is 1. The normalized spacial score (nSPS) is 18.0. The molecular weight excluding hydrogens is 342 g/mol. The predicted octanol–water partition coefficient (Wildman–Crippen LogP) is 3.72. The average Bonchev–Trinajstić information content (AvgIpc) is 2.68. The van der Waals surface area contributed by atoms with Gasteiger partial charge in [-0.15, -0.1) is 0 Å². The Kier molecular flexibility index (Phi) is 4.94. The van der Waals surface area contributed by atoms with Gasteiger partial charge in [0.05, 0.1) is 12.5 Å². The maximum atomic E-state index is 12.1. The number of ether oxygens (including phenoxy) is 1. The number of esters is 1. The van der Waals surface area contributed by atoms with Crippen LogP contribution in [0.4, 0.5) is 0 Å². The summed E-state index contributed by atoms with van der Waals surface area (Å²) < 4.78 is 10.6. The van der Waals surface area contributed by atoms with Gasteiger partial charge >= 0.3 is 11.6 Å². The first-order chi connectivity index (χ1) is 13.2. The van der Waals surface area contributed by atoms with Crippen LogP contribution in [0.25, 0.3) is 21.7 Å². The standard InChI is InChI=1S/C22H23NO4/c1-2-26-22(25)16-7-5-11-23(13-16)14-17-12-20(24)27-19-10-9-15-6-3-4-8-18(15)21(17)19/h3-4,6,8-10,12,16H,2,5,7,11,13-14H2,1H3/t16-/m1/s1. The van der Waals surface area contributed by atoms with E-state index in [0.29, 0.717) is 25.3 Å². The van der Waals surface area contributed by atoms with Gasteiger partial charge in [0.15, 0.2) is 0 Å². The molecule has 5 nitrogen and oxygen atoms in total. The minimum atomic E-state index is -0.341. The van der Waals surface area contributed by atoms with Gasteiger partial charge in [0, 0.05) is 24.5 Å². The Morgan fingerprint density at radius 1 is 1.26 bits per heavy atom. The second kappa shape index (κ2) is 7.53. The number of piperidine rings is 1. The van der Waals surface area contributed by atoms with E-state index >= 15 is 0 Å². The largest absolute Gasteiger partial charge is 0.466 e. The number of fused-ring (bicyclic) bond motifs is 3. The number of benzene rings is 2. The Bertz CT molecular complexity index is 1040. The van der Waals surface area contributed by atoms with Gasteiger partial charge in [-0.2, -0.15) is 0 Å². The zero-order valence-electron chi connectivity index (χ0n) is 15.4. The first-order valence-electron chi connectivity index (χ1n) is 9.49. The second-order valence-electron chi connectivity index (χ2n) is 7.08. The lowest BCUT2D eigenvalue weighted by Crippen LogP contribution is -2.39. The summed E-state index contributed by atoms with van der Waals surface area (Å²) in [5.74, 6) is -0.216. The van der Waals surface area contributed by atoms with Crippen molar-refractivity contribution in [2.45, 2.75) is 26.3 Å². The Labute approximate surface area is 157 Å². The van der Waals surface area contributed by atoms with Gasteiger partial charge in [-0.25, -0.2) is 4.79 Å². The summed E-state index contributed by atoms with van der Waals surface area (Å²) in [4.78, 5) is 26.4. The molecule has 0 spiro atoms. The molecule has 1 aromatic heterocycles. The van der Waals surface area contributed by atoms with Crippen molar-refractivity contribution in [2.75, 3.05) is 19.7 Å². The van der Waals surface area contributed by atoms with Crippen molar-refractivity contribution in [3.05, 3.63) is 58.4 Å². The molecule has 0 N–H and O–H groups in total. The number of nitrogens with zero attached hydrogens (tertiary/aromatic N) is 1. The molecule has 2 heterocycles. The number of likely N-dealkylation sites (tertiary alicyclic amines) is 1. The third-order valence-electron chi connectivity index (χ3n) is 5.23. The fourth-order valence-corrected chi connectivity index (χ4v) is 4.04. The lowest BCUT2D eigenvalue weighted by molar-refractivity contribution is -0.150. The van der Waals surface area contributed by atoms with Gasteiger partial charge in [0.2, 0.25) is 0 Å². The van der Waals surface area contributed by atoms with E-state index < -0.39 is 0 Å². The van der Waals surface area contributed by atoms with Gasteiger partial charge in [0.1, 0.15) is 5.58 Å². The lowest BCUT2D eigenvalue weighted by atomic mass is 9.96. The molecule has 1 aliphatic rings. The minimum Gasteiger partial charge on any atom is -0.466 e.